The lowest BCUT2D eigenvalue weighted by Gasteiger charge is -2.10. The Balaban J connectivity index is 3.00. The van der Waals surface area contributed by atoms with E-state index in [0.717, 1.165) is 0 Å². The largest absolute Gasteiger partial charge is 0.495 e. The number of methoxy groups -OCH3 is 1. The fourth-order valence-electron chi connectivity index (χ4n) is 1.20. The average Bonchev–Trinajstić information content (AvgIpc) is 2.16. The van der Waals surface area contributed by atoms with E-state index in [9.17, 15) is 9.59 Å². The lowest BCUT2D eigenvalue weighted by Crippen LogP contribution is -2.10. The Bertz CT molecular complexity index is 417. The smallest absolute Gasteiger partial charge is 0.409 e. The summed E-state index contributed by atoms with van der Waals surface area (Å²) >= 11 is 0. The molecule has 6 heteroatoms. The predicted molar refractivity (Wildman–Crippen MR) is 58.9 cm³/mol. The minimum atomic E-state index is -1.17. The van der Waals surface area contributed by atoms with Crippen LogP contribution in [0.4, 0.5) is 16.2 Å². The van der Waals surface area contributed by atoms with Crippen molar-refractivity contribution >= 4 is 23.4 Å². The molecular weight excluding hydrogens is 212 g/mol. The Hall–Kier alpha value is -2.24. The summed E-state index contributed by atoms with van der Waals surface area (Å²) in [4.78, 5) is 21.3. The number of benzene rings is 1. The standard InChI is InChI=1S/C10H12N2O4/c1-6(13)11-8-5-7(12-10(14)15)3-4-9(8)16-2/h3-5,12H,1-2H3,(H,11,13)(H,14,15). The number of nitrogens with one attached hydrogen (secondary N) is 2. The fourth-order valence-corrected chi connectivity index (χ4v) is 1.20. The van der Waals surface area contributed by atoms with Gasteiger partial charge in [0.2, 0.25) is 5.91 Å². The molecule has 0 heterocycles. The third kappa shape index (κ3) is 3.16. The molecule has 0 aliphatic rings. The van der Waals surface area contributed by atoms with Crippen molar-refractivity contribution in [2.24, 2.45) is 0 Å². The van der Waals surface area contributed by atoms with Gasteiger partial charge in [0.1, 0.15) is 5.75 Å². The number of amides is 2. The van der Waals surface area contributed by atoms with E-state index in [1.165, 1.54) is 26.2 Å². The molecule has 0 radical (unpaired) electrons. The Morgan fingerprint density at radius 1 is 1.31 bits per heavy atom. The average molecular weight is 224 g/mol. The van der Waals surface area contributed by atoms with E-state index < -0.39 is 6.09 Å². The van der Waals surface area contributed by atoms with E-state index in [4.69, 9.17) is 9.84 Å². The van der Waals surface area contributed by atoms with Crippen LogP contribution in [0.3, 0.4) is 0 Å². The molecule has 0 saturated heterocycles. The van der Waals surface area contributed by atoms with Crippen LogP contribution in [0.25, 0.3) is 0 Å². The molecule has 0 aliphatic heterocycles. The van der Waals surface area contributed by atoms with Gasteiger partial charge in [-0.3, -0.25) is 10.1 Å². The first-order valence-electron chi connectivity index (χ1n) is 4.48. The zero-order valence-electron chi connectivity index (χ0n) is 8.90. The monoisotopic (exact) mass is 224 g/mol. The summed E-state index contributed by atoms with van der Waals surface area (Å²) in [5.41, 5.74) is 0.776. The van der Waals surface area contributed by atoms with Crippen LogP contribution >= 0.6 is 0 Å². The maximum absolute atomic E-state index is 10.9. The first-order valence-corrected chi connectivity index (χ1v) is 4.48. The molecule has 0 aliphatic carbocycles. The van der Waals surface area contributed by atoms with Crippen LogP contribution in [0.2, 0.25) is 0 Å². The quantitative estimate of drug-likeness (QED) is 0.729. The molecule has 2 amide bonds. The number of rotatable bonds is 3. The SMILES string of the molecule is COc1ccc(NC(=O)O)cc1NC(C)=O. The van der Waals surface area contributed by atoms with Crippen LogP contribution in [0, 0.1) is 0 Å². The van der Waals surface area contributed by atoms with Crippen LogP contribution < -0.4 is 15.4 Å². The number of anilines is 2. The minimum Gasteiger partial charge on any atom is -0.495 e. The molecule has 0 saturated carbocycles. The Kier molecular flexibility index (Phi) is 3.71. The van der Waals surface area contributed by atoms with Gasteiger partial charge in [-0.05, 0) is 18.2 Å². The zero-order chi connectivity index (χ0) is 12.1. The maximum atomic E-state index is 10.9. The molecule has 86 valence electrons. The van der Waals surface area contributed by atoms with Gasteiger partial charge in [0, 0.05) is 12.6 Å². The topological polar surface area (TPSA) is 87.7 Å². The van der Waals surface area contributed by atoms with Crippen molar-refractivity contribution in [3.63, 3.8) is 0 Å². The van der Waals surface area contributed by atoms with Crippen molar-refractivity contribution in [2.75, 3.05) is 17.7 Å². The van der Waals surface area contributed by atoms with Crippen molar-refractivity contribution in [1.29, 1.82) is 0 Å². The van der Waals surface area contributed by atoms with Crippen LogP contribution in [-0.4, -0.2) is 24.2 Å². The molecular formula is C10H12N2O4. The lowest BCUT2D eigenvalue weighted by molar-refractivity contribution is -0.114. The number of carboxylic acid groups (broad SMARTS) is 1. The van der Waals surface area contributed by atoms with E-state index in [0.29, 0.717) is 17.1 Å². The van der Waals surface area contributed by atoms with E-state index >= 15 is 0 Å². The number of carbonyl (C=O) groups is 2. The van der Waals surface area contributed by atoms with Crippen molar-refractivity contribution in [1.82, 2.24) is 0 Å². The first-order chi connectivity index (χ1) is 7.52. The Labute approximate surface area is 92.2 Å². The van der Waals surface area contributed by atoms with Gasteiger partial charge in [0.15, 0.2) is 0 Å². The van der Waals surface area contributed by atoms with Crippen molar-refractivity contribution in [3.05, 3.63) is 18.2 Å². The number of hydrogen-bond donors (Lipinski definition) is 3. The predicted octanol–water partition coefficient (Wildman–Crippen LogP) is 1.74. The van der Waals surface area contributed by atoms with Crippen molar-refractivity contribution in [2.45, 2.75) is 6.92 Å². The lowest BCUT2D eigenvalue weighted by atomic mass is 10.2. The summed E-state index contributed by atoms with van der Waals surface area (Å²) in [5.74, 6) is 0.205. The highest BCUT2D eigenvalue weighted by Crippen LogP contribution is 2.27. The molecule has 1 aromatic carbocycles. The summed E-state index contributed by atoms with van der Waals surface area (Å²) < 4.78 is 5.02. The highest BCUT2D eigenvalue weighted by Gasteiger charge is 2.07. The second-order valence-corrected chi connectivity index (χ2v) is 3.03. The summed E-state index contributed by atoms with van der Waals surface area (Å²) in [6, 6.07) is 4.59. The van der Waals surface area contributed by atoms with Gasteiger partial charge in [-0.25, -0.2) is 4.79 Å². The number of hydrogen-bond acceptors (Lipinski definition) is 3. The molecule has 1 aromatic rings. The Morgan fingerprint density at radius 3 is 2.50 bits per heavy atom. The van der Waals surface area contributed by atoms with E-state index in [2.05, 4.69) is 10.6 Å². The van der Waals surface area contributed by atoms with Gasteiger partial charge in [-0.1, -0.05) is 0 Å². The van der Waals surface area contributed by atoms with Crippen LogP contribution in [0.1, 0.15) is 6.92 Å². The molecule has 1 rings (SSSR count). The van der Waals surface area contributed by atoms with Crippen LogP contribution in [0.15, 0.2) is 18.2 Å². The molecule has 0 atom stereocenters. The van der Waals surface area contributed by atoms with Crippen LogP contribution in [0.5, 0.6) is 5.75 Å². The third-order valence-corrected chi connectivity index (χ3v) is 1.76. The summed E-state index contributed by atoms with van der Waals surface area (Å²) in [7, 11) is 1.46. The second kappa shape index (κ2) is 5.01. The second-order valence-electron chi connectivity index (χ2n) is 3.03. The first kappa shape index (κ1) is 11.8. The van der Waals surface area contributed by atoms with Crippen molar-refractivity contribution in [3.8, 4) is 5.75 Å². The molecule has 0 fully saturated rings. The molecule has 0 spiro atoms. The van der Waals surface area contributed by atoms with E-state index in [-0.39, 0.29) is 5.91 Å². The van der Waals surface area contributed by atoms with Gasteiger partial charge < -0.3 is 15.2 Å². The van der Waals surface area contributed by atoms with Gasteiger partial charge in [0.25, 0.3) is 0 Å². The number of carbonyl (C=O) groups excluding carboxylic acids is 1. The van der Waals surface area contributed by atoms with E-state index in [1.54, 1.807) is 6.07 Å². The number of ether oxygens (including phenoxy) is 1. The van der Waals surface area contributed by atoms with Gasteiger partial charge in [0.05, 0.1) is 12.8 Å². The molecule has 0 aromatic heterocycles. The minimum absolute atomic E-state index is 0.259. The zero-order valence-corrected chi connectivity index (χ0v) is 8.90. The third-order valence-electron chi connectivity index (χ3n) is 1.76. The van der Waals surface area contributed by atoms with Gasteiger partial charge >= 0.3 is 6.09 Å². The fraction of sp³-hybridized carbons (Fsp3) is 0.200. The molecule has 0 bridgehead atoms. The van der Waals surface area contributed by atoms with Crippen molar-refractivity contribution < 1.29 is 19.4 Å². The molecule has 6 nitrogen and oxygen atoms in total. The molecule has 0 unspecified atom stereocenters. The summed E-state index contributed by atoms with van der Waals surface area (Å²) in [5, 5.41) is 13.3. The van der Waals surface area contributed by atoms with Gasteiger partial charge in [-0.15, -0.1) is 0 Å². The highest BCUT2D eigenvalue weighted by molar-refractivity contribution is 5.92. The highest BCUT2D eigenvalue weighted by atomic mass is 16.5. The van der Waals surface area contributed by atoms with Gasteiger partial charge in [-0.2, -0.15) is 0 Å². The summed E-state index contributed by atoms with van der Waals surface area (Å²) in [6.07, 6.45) is -1.17. The summed E-state index contributed by atoms with van der Waals surface area (Å²) in [6.45, 7) is 1.36. The van der Waals surface area contributed by atoms with Crippen LogP contribution in [-0.2, 0) is 4.79 Å². The molecule has 16 heavy (non-hydrogen) atoms. The maximum Gasteiger partial charge on any atom is 0.409 e. The Morgan fingerprint density at radius 2 is 2.00 bits per heavy atom. The molecule has 3 N–H and O–H groups in total. The normalized spacial score (nSPS) is 9.38. The van der Waals surface area contributed by atoms with E-state index in [1.807, 2.05) is 0 Å².